The van der Waals surface area contributed by atoms with Crippen molar-refractivity contribution in [3.63, 3.8) is 0 Å². The third-order valence-electron chi connectivity index (χ3n) is 1.98. The molecule has 0 rings (SSSR count). The van der Waals surface area contributed by atoms with Crippen LogP contribution in [-0.2, 0) is 4.74 Å². The Kier molecular flexibility index (Phi) is 10.6. The van der Waals surface area contributed by atoms with E-state index in [2.05, 4.69) is 11.7 Å². The van der Waals surface area contributed by atoms with E-state index in [4.69, 9.17) is 0 Å². The van der Waals surface area contributed by atoms with Crippen LogP contribution in [0.5, 0.6) is 0 Å². The molecule has 0 amide bonds. The van der Waals surface area contributed by atoms with Crippen LogP contribution < -0.4 is 11.3 Å². The van der Waals surface area contributed by atoms with Gasteiger partial charge < -0.3 is 20.8 Å². The Morgan fingerprint density at radius 1 is 1.46 bits per heavy atom. The SMILES string of the molecule is CCCCC(CC)COC(=O)[O-].[NH4+]. The molecule has 0 fully saturated rings. The Labute approximate surface area is 79.9 Å². The Bertz CT molecular complexity index is 128. The van der Waals surface area contributed by atoms with Crippen LogP contribution in [0.4, 0.5) is 4.79 Å². The molecule has 0 bridgehead atoms. The summed E-state index contributed by atoms with van der Waals surface area (Å²) < 4.78 is 4.40. The largest absolute Gasteiger partial charge is 0.549 e. The molecule has 0 aliphatic rings. The molecule has 0 saturated heterocycles. The van der Waals surface area contributed by atoms with Crippen molar-refractivity contribution in [2.45, 2.75) is 39.5 Å². The molecule has 80 valence electrons. The summed E-state index contributed by atoms with van der Waals surface area (Å²) >= 11 is 0. The predicted molar refractivity (Wildman–Crippen MR) is 50.6 cm³/mol. The molecule has 0 radical (unpaired) electrons. The molecule has 0 saturated carbocycles. The highest BCUT2D eigenvalue weighted by molar-refractivity contribution is 5.53. The number of ether oxygens (including phenoxy) is 1. The first kappa shape index (κ1) is 14.7. The highest BCUT2D eigenvalue weighted by Gasteiger charge is 2.03. The number of rotatable bonds is 6. The van der Waals surface area contributed by atoms with Crippen molar-refractivity contribution >= 4 is 6.16 Å². The average Bonchev–Trinajstić information content (AvgIpc) is 2.05. The smallest absolute Gasteiger partial charge is 0.251 e. The molecule has 4 N–H and O–H groups in total. The van der Waals surface area contributed by atoms with E-state index < -0.39 is 6.16 Å². The van der Waals surface area contributed by atoms with Gasteiger partial charge in [-0.1, -0.05) is 33.1 Å². The van der Waals surface area contributed by atoms with Crippen LogP contribution >= 0.6 is 0 Å². The topological polar surface area (TPSA) is 85.9 Å². The average molecular weight is 191 g/mol. The number of hydrogen-bond donors (Lipinski definition) is 1. The van der Waals surface area contributed by atoms with Gasteiger partial charge in [-0.3, -0.25) is 0 Å². The maximum absolute atomic E-state index is 9.96. The molecule has 0 aromatic heterocycles. The normalized spacial score (nSPS) is 11.5. The van der Waals surface area contributed by atoms with E-state index in [-0.39, 0.29) is 6.15 Å². The molecule has 0 heterocycles. The predicted octanol–water partition coefficient (Wildman–Crippen LogP) is 1.94. The fourth-order valence-electron chi connectivity index (χ4n) is 1.08. The van der Waals surface area contributed by atoms with Gasteiger partial charge in [-0.15, -0.1) is 0 Å². The second-order valence-corrected chi connectivity index (χ2v) is 2.98. The second-order valence-electron chi connectivity index (χ2n) is 2.98. The molecule has 0 aromatic carbocycles. The quantitative estimate of drug-likeness (QED) is 0.651. The number of hydrogen-bond acceptors (Lipinski definition) is 3. The van der Waals surface area contributed by atoms with Gasteiger partial charge in [0.25, 0.3) is 6.16 Å². The van der Waals surface area contributed by atoms with Gasteiger partial charge >= 0.3 is 0 Å². The van der Waals surface area contributed by atoms with Crippen molar-refractivity contribution in [1.29, 1.82) is 0 Å². The molecule has 4 heteroatoms. The lowest BCUT2D eigenvalue weighted by molar-refractivity contribution is -0.283. The summed E-state index contributed by atoms with van der Waals surface area (Å²) in [7, 11) is 0. The molecule has 13 heavy (non-hydrogen) atoms. The Balaban J connectivity index is 0. The van der Waals surface area contributed by atoms with Crippen LogP contribution in [0.15, 0.2) is 0 Å². The van der Waals surface area contributed by atoms with Crippen LogP contribution in [0.1, 0.15) is 39.5 Å². The third-order valence-corrected chi connectivity index (χ3v) is 1.98. The number of unbranched alkanes of at least 4 members (excludes halogenated alkanes) is 1. The van der Waals surface area contributed by atoms with Gasteiger partial charge in [-0.2, -0.15) is 0 Å². The number of carbonyl (C=O) groups is 1. The van der Waals surface area contributed by atoms with Crippen molar-refractivity contribution in [3.05, 3.63) is 0 Å². The molecular formula is C9H21NO3. The molecule has 4 nitrogen and oxygen atoms in total. The van der Waals surface area contributed by atoms with Crippen LogP contribution in [0, 0.1) is 5.92 Å². The summed E-state index contributed by atoms with van der Waals surface area (Å²) in [6.07, 6.45) is 2.87. The van der Waals surface area contributed by atoms with E-state index >= 15 is 0 Å². The zero-order valence-electron chi connectivity index (χ0n) is 8.84. The van der Waals surface area contributed by atoms with Crippen LogP contribution in [0.2, 0.25) is 0 Å². The minimum atomic E-state index is -1.41. The second kappa shape index (κ2) is 9.32. The van der Waals surface area contributed by atoms with E-state index in [1.165, 1.54) is 0 Å². The summed E-state index contributed by atoms with van der Waals surface area (Å²) in [6.45, 7) is 4.45. The molecule has 1 atom stereocenters. The van der Waals surface area contributed by atoms with Gasteiger partial charge in [-0.25, -0.2) is 0 Å². The van der Waals surface area contributed by atoms with Crippen molar-refractivity contribution < 1.29 is 14.6 Å². The van der Waals surface area contributed by atoms with Gasteiger partial charge in [0.15, 0.2) is 0 Å². The Morgan fingerprint density at radius 2 is 2.08 bits per heavy atom. The molecular weight excluding hydrogens is 170 g/mol. The molecule has 1 unspecified atom stereocenters. The van der Waals surface area contributed by atoms with Crippen LogP contribution in [-0.4, -0.2) is 12.8 Å². The number of carboxylic acid groups (broad SMARTS) is 1. The van der Waals surface area contributed by atoms with Crippen molar-refractivity contribution in [3.8, 4) is 0 Å². The van der Waals surface area contributed by atoms with Gasteiger partial charge in [0.2, 0.25) is 0 Å². The first-order valence-corrected chi connectivity index (χ1v) is 4.54. The standard InChI is InChI=1S/C9H18O3.H3N/c1-3-5-6-8(4-2)7-12-9(10)11;/h8H,3-7H2,1-2H3,(H,10,11);1H3. The van der Waals surface area contributed by atoms with E-state index in [1.807, 2.05) is 6.92 Å². The Morgan fingerprint density at radius 3 is 2.46 bits per heavy atom. The van der Waals surface area contributed by atoms with E-state index in [0.717, 1.165) is 25.7 Å². The summed E-state index contributed by atoms with van der Waals surface area (Å²) in [5, 5.41) is 9.96. The summed E-state index contributed by atoms with van der Waals surface area (Å²) in [5.74, 6) is 0.364. The van der Waals surface area contributed by atoms with Crippen molar-refractivity contribution in [2.24, 2.45) is 5.92 Å². The Hall–Kier alpha value is -0.770. The van der Waals surface area contributed by atoms with Gasteiger partial charge in [-0.05, 0) is 12.3 Å². The van der Waals surface area contributed by atoms with Crippen molar-refractivity contribution in [1.82, 2.24) is 6.15 Å². The molecule has 0 aliphatic carbocycles. The summed E-state index contributed by atoms with van der Waals surface area (Å²) in [6, 6.07) is 0. The summed E-state index contributed by atoms with van der Waals surface area (Å²) in [4.78, 5) is 9.96. The number of quaternary nitrogens is 1. The molecule has 0 aromatic rings. The maximum Gasteiger partial charge on any atom is 0.251 e. The van der Waals surface area contributed by atoms with E-state index in [1.54, 1.807) is 0 Å². The molecule has 0 aliphatic heterocycles. The fourth-order valence-corrected chi connectivity index (χ4v) is 1.08. The monoisotopic (exact) mass is 191 g/mol. The third kappa shape index (κ3) is 9.14. The van der Waals surface area contributed by atoms with Gasteiger partial charge in [0.1, 0.15) is 0 Å². The first-order chi connectivity index (χ1) is 5.70. The maximum atomic E-state index is 9.96. The van der Waals surface area contributed by atoms with Gasteiger partial charge in [0, 0.05) is 6.61 Å². The number of carbonyl (C=O) groups excluding carboxylic acids is 1. The highest BCUT2D eigenvalue weighted by Crippen LogP contribution is 2.12. The highest BCUT2D eigenvalue weighted by atomic mass is 16.7. The minimum Gasteiger partial charge on any atom is -0.549 e. The summed E-state index contributed by atoms with van der Waals surface area (Å²) in [5.41, 5.74) is 0. The van der Waals surface area contributed by atoms with Gasteiger partial charge in [0.05, 0.1) is 0 Å². The lowest BCUT2D eigenvalue weighted by Crippen LogP contribution is -2.26. The lowest BCUT2D eigenvalue weighted by Gasteiger charge is -2.17. The van der Waals surface area contributed by atoms with Crippen LogP contribution in [0.25, 0.3) is 0 Å². The first-order valence-electron chi connectivity index (χ1n) is 4.54. The van der Waals surface area contributed by atoms with E-state index in [9.17, 15) is 9.90 Å². The van der Waals surface area contributed by atoms with Crippen molar-refractivity contribution in [2.75, 3.05) is 6.61 Å². The minimum absolute atomic E-state index is 0. The zero-order valence-corrected chi connectivity index (χ0v) is 8.84. The van der Waals surface area contributed by atoms with E-state index in [0.29, 0.717) is 12.5 Å². The zero-order chi connectivity index (χ0) is 9.40. The van der Waals surface area contributed by atoms with Crippen LogP contribution in [0.3, 0.4) is 0 Å². The fraction of sp³-hybridized carbons (Fsp3) is 0.889. The molecule has 0 spiro atoms. The lowest BCUT2D eigenvalue weighted by atomic mass is 10.0.